The predicted molar refractivity (Wildman–Crippen MR) is 92.5 cm³/mol. The van der Waals surface area contributed by atoms with Crippen molar-refractivity contribution >= 4 is 5.97 Å². The maximum absolute atomic E-state index is 10.9. The Balaban J connectivity index is 1.68. The van der Waals surface area contributed by atoms with E-state index < -0.39 is 5.97 Å². The summed E-state index contributed by atoms with van der Waals surface area (Å²) < 4.78 is 11.4. The second-order valence-corrected chi connectivity index (χ2v) is 6.21. The minimum atomic E-state index is -0.910. The number of carboxylic acids is 1. The molecule has 1 saturated carbocycles. The topological polar surface area (TPSA) is 55.8 Å². The van der Waals surface area contributed by atoms with Gasteiger partial charge in [-0.05, 0) is 54.7 Å². The zero-order valence-electron chi connectivity index (χ0n) is 13.8. The molecule has 2 aromatic rings. The van der Waals surface area contributed by atoms with E-state index in [1.54, 1.807) is 19.2 Å². The largest absolute Gasteiger partial charge is 0.490 e. The molecular formula is C20H22O4. The fourth-order valence-electron chi connectivity index (χ4n) is 3.27. The second kappa shape index (κ2) is 7.49. The molecule has 0 saturated heterocycles. The Kier molecular flexibility index (Phi) is 5.16. The van der Waals surface area contributed by atoms with Crippen molar-refractivity contribution in [1.82, 2.24) is 0 Å². The van der Waals surface area contributed by atoms with Crippen LogP contribution in [0.25, 0.3) is 11.1 Å². The van der Waals surface area contributed by atoms with E-state index in [9.17, 15) is 4.79 Å². The first kappa shape index (κ1) is 16.5. The van der Waals surface area contributed by atoms with Crippen LogP contribution < -0.4 is 4.74 Å². The van der Waals surface area contributed by atoms with E-state index in [1.807, 2.05) is 36.4 Å². The molecule has 24 heavy (non-hydrogen) atoms. The highest BCUT2D eigenvalue weighted by Crippen LogP contribution is 2.31. The molecule has 0 amide bonds. The Morgan fingerprint density at radius 1 is 1.04 bits per heavy atom. The highest BCUT2D eigenvalue weighted by atomic mass is 16.5. The van der Waals surface area contributed by atoms with Gasteiger partial charge in [0.1, 0.15) is 11.9 Å². The van der Waals surface area contributed by atoms with Crippen LogP contribution in [0.5, 0.6) is 5.75 Å². The van der Waals surface area contributed by atoms with Gasteiger partial charge in [-0.2, -0.15) is 0 Å². The van der Waals surface area contributed by atoms with E-state index in [2.05, 4.69) is 0 Å². The maximum Gasteiger partial charge on any atom is 0.335 e. The zero-order valence-corrected chi connectivity index (χ0v) is 13.8. The van der Waals surface area contributed by atoms with Gasteiger partial charge in [-0.25, -0.2) is 4.79 Å². The third-order valence-electron chi connectivity index (χ3n) is 4.58. The fourth-order valence-corrected chi connectivity index (χ4v) is 3.27. The summed E-state index contributed by atoms with van der Waals surface area (Å²) in [5, 5.41) is 8.95. The lowest BCUT2D eigenvalue weighted by Gasteiger charge is -2.20. The second-order valence-electron chi connectivity index (χ2n) is 6.21. The molecule has 126 valence electrons. The molecular weight excluding hydrogens is 304 g/mol. The third-order valence-corrected chi connectivity index (χ3v) is 4.58. The summed E-state index contributed by atoms with van der Waals surface area (Å²) in [6.07, 6.45) is 3.65. The number of ether oxygens (including phenoxy) is 2. The SMILES string of the molecule is COC[C@@H]1CCC[C@H]1Oc1ccc(-c2ccc(C(=O)O)cc2)cc1. The Morgan fingerprint density at radius 2 is 1.67 bits per heavy atom. The Hall–Kier alpha value is -2.33. The minimum Gasteiger partial charge on any atom is -0.490 e. The van der Waals surface area contributed by atoms with Gasteiger partial charge in [0.05, 0.1) is 12.2 Å². The highest BCUT2D eigenvalue weighted by Gasteiger charge is 2.28. The molecule has 0 aliphatic heterocycles. The summed E-state index contributed by atoms with van der Waals surface area (Å²) in [4.78, 5) is 10.9. The lowest BCUT2D eigenvalue weighted by atomic mass is 10.0. The average molecular weight is 326 g/mol. The summed E-state index contributed by atoms with van der Waals surface area (Å²) in [7, 11) is 1.74. The smallest absolute Gasteiger partial charge is 0.335 e. The number of carbonyl (C=O) groups is 1. The number of hydrogen-bond donors (Lipinski definition) is 1. The van der Waals surface area contributed by atoms with Crippen molar-refractivity contribution in [3.8, 4) is 16.9 Å². The Labute approximate surface area is 142 Å². The molecule has 1 N–H and O–H groups in total. The van der Waals surface area contributed by atoms with Crippen LogP contribution in [0.1, 0.15) is 29.6 Å². The van der Waals surface area contributed by atoms with Crippen LogP contribution in [-0.4, -0.2) is 30.9 Å². The first-order valence-electron chi connectivity index (χ1n) is 8.27. The van der Waals surface area contributed by atoms with E-state index in [0.29, 0.717) is 11.5 Å². The van der Waals surface area contributed by atoms with E-state index in [-0.39, 0.29) is 6.10 Å². The number of aromatic carboxylic acids is 1. The van der Waals surface area contributed by atoms with Crippen LogP contribution in [0, 0.1) is 5.92 Å². The van der Waals surface area contributed by atoms with Crippen LogP contribution in [0.3, 0.4) is 0 Å². The molecule has 0 bridgehead atoms. The summed E-state index contributed by atoms with van der Waals surface area (Å²) in [5.41, 5.74) is 2.33. The average Bonchev–Trinajstić information content (AvgIpc) is 3.03. The first-order chi connectivity index (χ1) is 11.7. The highest BCUT2D eigenvalue weighted by molar-refractivity contribution is 5.88. The lowest BCUT2D eigenvalue weighted by Crippen LogP contribution is -2.24. The van der Waals surface area contributed by atoms with E-state index in [0.717, 1.165) is 36.3 Å². The minimum absolute atomic E-state index is 0.227. The van der Waals surface area contributed by atoms with E-state index in [4.69, 9.17) is 14.6 Å². The van der Waals surface area contributed by atoms with Crippen molar-refractivity contribution in [2.75, 3.05) is 13.7 Å². The summed E-state index contributed by atoms with van der Waals surface area (Å²) in [5.74, 6) is 0.430. The van der Waals surface area contributed by atoms with Crippen molar-refractivity contribution in [3.05, 3.63) is 54.1 Å². The summed E-state index contributed by atoms with van der Waals surface area (Å²) in [6.45, 7) is 0.749. The number of rotatable bonds is 6. The standard InChI is InChI=1S/C20H22O4/c1-23-13-17-3-2-4-19(17)24-18-11-9-15(10-12-18)14-5-7-16(8-6-14)20(21)22/h5-12,17,19H,2-4,13H2,1H3,(H,21,22)/t17-,19+/m0/s1. The van der Waals surface area contributed by atoms with Gasteiger partial charge < -0.3 is 14.6 Å². The zero-order chi connectivity index (χ0) is 16.9. The van der Waals surface area contributed by atoms with Crippen LogP contribution in [-0.2, 0) is 4.74 Å². The molecule has 2 atom stereocenters. The van der Waals surface area contributed by atoms with Gasteiger partial charge in [-0.15, -0.1) is 0 Å². The lowest BCUT2D eigenvalue weighted by molar-refractivity contribution is 0.0697. The Bertz CT molecular complexity index is 676. The van der Waals surface area contributed by atoms with E-state index in [1.165, 1.54) is 6.42 Å². The van der Waals surface area contributed by atoms with Crippen LogP contribution in [0.15, 0.2) is 48.5 Å². The molecule has 0 spiro atoms. The molecule has 1 fully saturated rings. The van der Waals surface area contributed by atoms with E-state index >= 15 is 0 Å². The fraction of sp³-hybridized carbons (Fsp3) is 0.350. The van der Waals surface area contributed by atoms with Gasteiger partial charge in [-0.3, -0.25) is 0 Å². The molecule has 0 radical (unpaired) electrons. The van der Waals surface area contributed by atoms with Crippen molar-refractivity contribution < 1.29 is 19.4 Å². The third kappa shape index (κ3) is 3.77. The van der Waals surface area contributed by atoms with Crippen molar-refractivity contribution in [3.63, 3.8) is 0 Å². The number of carboxylic acid groups (broad SMARTS) is 1. The van der Waals surface area contributed by atoms with Crippen molar-refractivity contribution in [2.24, 2.45) is 5.92 Å². The monoisotopic (exact) mass is 326 g/mol. The molecule has 4 nitrogen and oxygen atoms in total. The van der Waals surface area contributed by atoms with Crippen LogP contribution in [0.2, 0.25) is 0 Å². The first-order valence-corrected chi connectivity index (χ1v) is 8.27. The molecule has 0 heterocycles. The molecule has 4 heteroatoms. The van der Waals surface area contributed by atoms with Gasteiger partial charge in [-0.1, -0.05) is 24.3 Å². The predicted octanol–water partition coefficient (Wildman–Crippen LogP) is 4.25. The molecule has 3 rings (SSSR count). The van der Waals surface area contributed by atoms with Crippen molar-refractivity contribution in [1.29, 1.82) is 0 Å². The molecule has 1 aliphatic carbocycles. The molecule has 0 unspecified atom stereocenters. The summed E-state index contributed by atoms with van der Waals surface area (Å²) in [6, 6.07) is 14.9. The van der Waals surface area contributed by atoms with Gasteiger partial charge in [0, 0.05) is 13.0 Å². The van der Waals surface area contributed by atoms with Gasteiger partial charge in [0.25, 0.3) is 0 Å². The quantitative estimate of drug-likeness (QED) is 0.862. The van der Waals surface area contributed by atoms with Crippen LogP contribution >= 0.6 is 0 Å². The number of hydrogen-bond acceptors (Lipinski definition) is 3. The summed E-state index contributed by atoms with van der Waals surface area (Å²) >= 11 is 0. The maximum atomic E-state index is 10.9. The number of benzene rings is 2. The molecule has 2 aromatic carbocycles. The Morgan fingerprint density at radius 3 is 2.25 bits per heavy atom. The molecule has 1 aliphatic rings. The normalized spacial score (nSPS) is 20.0. The van der Waals surface area contributed by atoms with Crippen LogP contribution in [0.4, 0.5) is 0 Å². The van der Waals surface area contributed by atoms with Gasteiger partial charge in [0.2, 0.25) is 0 Å². The molecule has 0 aromatic heterocycles. The van der Waals surface area contributed by atoms with Crippen molar-refractivity contribution in [2.45, 2.75) is 25.4 Å². The van der Waals surface area contributed by atoms with Gasteiger partial charge >= 0.3 is 5.97 Å². The van der Waals surface area contributed by atoms with Gasteiger partial charge in [0.15, 0.2) is 0 Å². The number of methoxy groups -OCH3 is 1.